The summed E-state index contributed by atoms with van der Waals surface area (Å²) in [6.07, 6.45) is 3.60. The molecule has 0 atom stereocenters. The van der Waals surface area contributed by atoms with Crippen molar-refractivity contribution in [3.8, 4) is 0 Å². The third-order valence-corrected chi connectivity index (χ3v) is 6.75. The molecule has 2 aromatic rings. The Morgan fingerprint density at radius 1 is 1.43 bits per heavy atom. The molecule has 8 heteroatoms. The number of aromatic nitrogens is 2. The van der Waals surface area contributed by atoms with E-state index in [0.29, 0.717) is 31.1 Å². The van der Waals surface area contributed by atoms with Crippen LogP contribution in [-0.2, 0) is 29.7 Å². The van der Waals surface area contributed by atoms with Crippen LogP contribution in [0.2, 0.25) is 0 Å². The summed E-state index contributed by atoms with van der Waals surface area (Å²) < 4.78 is 29.2. The summed E-state index contributed by atoms with van der Waals surface area (Å²) in [5.41, 5.74) is 0. The van der Waals surface area contributed by atoms with E-state index in [0.717, 1.165) is 15.6 Å². The average Bonchev–Trinajstić information content (AvgIpc) is 3.04. The van der Waals surface area contributed by atoms with Crippen LogP contribution in [0.25, 0.3) is 0 Å². The maximum atomic E-state index is 12.8. The van der Waals surface area contributed by atoms with Gasteiger partial charge in [0, 0.05) is 41.8 Å². The Hall–Kier alpha value is -1.22. The van der Waals surface area contributed by atoms with Gasteiger partial charge in [-0.15, -0.1) is 11.3 Å². The first-order chi connectivity index (χ1) is 10.0. The number of imidazole rings is 1. The van der Waals surface area contributed by atoms with E-state index in [1.165, 1.54) is 15.6 Å². The fourth-order valence-electron chi connectivity index (χ4n) is 2.54. The van der Waals surface area contributed by atoms with Crippen molar-refractivity contribution in [3.05, 3.63) is 34.0 Å². The number of hydrogen-bond donors (Lipinski definition) is 1. The van der Waals surface area contributed by atoms with Crippen LogP contribution in [0.1, 0.15) is 15.6 Å². The lowest BCUT2D eigenvalue weighted by molar-refractivity contribution is 0.335. The molecule has 1 aliphatic rings. The molecule has 2 aromatic heterocycles. The van der Waals surface area contributed by atoms with Gasteiger partial charge in [0.25, 0.3) is 0 Å². The molecule has 1 aliphatic heterocycles. The smallest absolute Gasteiger partial charge is 0.244 e. The lowest BCUT2D eigenvalue weighted by Gasteiger charge is -2.26. The standard InChI is InChI=1S/C13H18N4O2S2/c1-10-12(7-11(20-10)8-14-2)21(18,19)17-6-5-16-4-3-15-13(16)9-17/h3-4,7,14H,5-6,8-9H2,1-2H3. The number of hydrogen-bond acceptors (Lipinski definition) is 5. The molecule has 3 rings (SSSR count). The first-order valence-electron chi connectivity index (χ1n) is 6.76. The van der Waals surface area contributed by atoms with Crippen LogP contribution < -0.4 is 5.32 Å². The van der Waals surface area contributed by atoms with Crippen LogP contribution in [0.5, 0.6) is 0 Å². The van der Waals surface area contributed by atoms with Crippen molar-refractivity contribution in [3.63, 3.8) is 0 Å². The highest BCUT2D eigenvalue weighted by atomic mass is 32.2. The van der Waals surface area contributed by atoms with Crippen LogP contribution in [0, 0.1) is 6.92 Å². The molecule has 114 valence electrons. The molecule has 0 bridgehead atoms. The maximum Gasteiger partial charge on any atom is 0.244 e. The number of nitrogens with one attached hydrogen (secondary N) is 1. The van der Waals surface area contributed by atoms with E-state index in [1.54, 1.807) is 12.3 Å². The van der Waals surface area contributed by atoms with Gasteiger partial charge in [0.15, 0.2) is 0 Å². The Balaban J connectivity index is 1.91. The molecule has 0 spiro atoms. The quantitative estimate of drug-likeness (QED) is 0.916. The molecule has 0 unspecified atom stereocenters. The first-order valence-corrected chi connectivity index (χ1v) is 9.02. The fraction of sp³-hybridized carbons (Fsp3) is 0.462. The largest absolute Gasteiger partial charge is 0.333 e. The zero-order valence-electron chi connectivity index (χ0n) is 12.0. The second-order valence-corrected chi connectivity index (χ2v) is 8.29. The van der Waals surface area contributed by atoms with Crippen LogP contribution in [0.4, 0.5) is 0 Å². The number of nitrogens with zero attached hydrogens (tertiary/aromatic N) is 3. The van der Waals surface area contributed by atoms with E-state index >= 15 is 0 Å². The van der Waals surface area contributed by atoms with E-state index in [4.69, 9.17) is 0 Å². The number of rotatable bonds is 4. The number of thiophene rings is 1. The van der Waals surface area contributed by atoms with Gasteiger partial charge >= 0.3 is 0 Å². The summed E-state index contributed by atoms with van der Waals surface area (Å²) in [5, 5.41) is 3.05. The Labute approximate surface area is 128 Å². The van der Waals surface area contributed by atoms with Crippen molar-refractivity contribution in [1.82, 2.24) is 19.2 Å². The van der Waals surface area contributed by atoms with E-state index in [-0.39, 0.29) is 0 Å². The van der Waals surface area contributed by atoms with E-state index < -0.39 is 10.0 Å². The molecule has 0 amide bonds. The summed E-state index contributed by atoms with van der Waals surface area (Å²) in [4.78, 5) is 6.53. The highest BCUT2D eigenvalue weighted by molar-refractivity contribution is 7.89. The monoisotopic (exact) mass is 326 g/mol. The van der Waals surface area contributed by atoms with Gasteiger partial charge in [0.1, 0.15) is 5.82 Å². The Bertz CT molecular complexity index is 748. The van der Waals surface area contributed by atoms with E-state index in [9.17, 15) is 8.42 Å². The van der Waals surface area contributed by atoms with Gasteiger partial charge in [0.05, 0.1) is 11.4 Å². The lowest BCUT2D eigenvalue weighted by atomic mass is 10.4. The van der Waals surface area contributed by atoms with Gasteiger partial charge < -0.3 is 9.88 Å². The van der Waals surface area contributed by atoms with Gasteiger partial charge in [0.2, 0.25) is 10.0 Å². The Morgan fingerprint density at radius 3 is 3.00 bits per heavy atom. The van der Waals surface area contributed by atoms with Crippen molar-refractivity contribution < 1.29 is 8.42 Å². The molecule has 0 saturated heterocycles. The second-order valence-electron chi connectivity index (χ2n) is 5.04. The second kappa shape index (κ2) is 5.53. The molecule has 3 heterocycles. The fourth-order valence-corrected chi connectivity index (χ4v) is 5.54. The van der Waals surface area contributed by atoms with Crippen LogP contribution in [0.3, 0.4) is 0 Å². The normalized spacial score (nSPS) is 16.1. The molecule has 1 N–H and O–H groups in total. The molecular weight excluding hydrogens is 308 g/mol. The van der Waals surface area contributed by atoms with Crippen LogP contribution >= 0.6 is 11.3 Å². The van der Waals surface area contributed by atoms with Gasteiger partial charge in [-0.05, 0) is 20.0 Å². The molecular formula is C13H18N4O2S2. The average molecular weight is 326 g/mol. The summed E-state index contributed by atoms with van der Waals surface area (Å²) in [6, 6.07) is 1.78. The van der Waals surface area contributed by atoms with Gasteiger partial charge in [-0.2, -0.15) is 4.31 Å². The lowest BCUT2D eigenvalue weighted by Crippen LogP contribution is -2.38. The maximum absolute atomic E-state index is 12.8. The molecule has 21 heavy (non-hydrogen) atoms. The molecule has 0 radical (unpaired) electrons. The molecule has 0 aromatic carbocycles. The minimum Gasteiger partial charge on any atom is -0.333 e. The third kappa shape index (κ3) is 2.64. The van der Waals surface area contributed by atoms with Crippen molar-refractivity contribution in [2.45, 2.75) is 31.5 Å². The van der Waals surface area contributed by atoms with Crippen LogP contribution in [-0.4, -0.2) is 35.9 Å². The number of sulfonamides is 1. The number of aryl methyl sites for hydroxylation is 1. The summed E-state index contributed by atoms with van der Waals surface area (Å²) >= 11 is 1.53. The third-order valence-electron chi connectivity index (χ3n) is 3.60. The zero-order chi connectivity index (χ0) is 15.0. The Morgan fingerprint density at radius 2 is 2.24 bits per heavy atom. The van der Waals surface area contributed by atoms with Crippen LogP contribution in [0.15, 0.2) is 23.4 Å². The highest BCUT2D eigenvalue weighted by Gasteiger charge is 2.31. The predicted octanol–water partition coefficient (Wildman–Crippen LogP) is 1.18. The van der Waals surface area contributed by atoms with Gasteiger partial charge in [-0.1, -0.05) is 0 Å². The highest BCUT2D eigenvalue weighted by Crippen LogP contribution is 2.29. The molecule has 6 nitrogen and oxygen atoms in total. The summed E-state index contributed by atoms with van der Waals surface area (Å²) in [5.74, 6) is 0.799. The number of fused-ring (bicyclic) bond motifs is 1. The predicted molar refractivity (Wildman–Crippen MR) is 81.6 cm³/mol. The molecule has 0 fully saturated rings. The molecule has 0 saturated carbocycles. The first kappa shape index (κ1) is 14.7. The van der Waals surface area contributed by atoms with Crippen molar-refractivity contribution in [1.29, 1.82) is 0 Å². The van der Waals surface area contributed by atoms with E-state index in [2.05, 4.69) is 10.3 Å². The van der Waals surface area contributed by atoms with Gasteiger partial charge in [-0.3, -0.25) is 0 Å². The van der Waals surface area contributed by atoms with Crippen molar-refractivity contribution in [2.75, 3.05) is 13.6 Å². The topological polar surface area (TPSA) is 67.2 Å². The summed E-state index contributed by atoms with van der Waals surface area (Å²) in [7, 11) is -1.59. The SMILES string of the molecule is CNCc1cc(S(=O)(=O)N2CCn3ccnc3C2)c(C)s1. The van der Waals surface area contributed by atoms with Gasteiger partial charge in [-0.25, -0.2) is 13.4 Å². The minimum absolute atomic E-state index is 0.339. The molecule has 0 aliphatic carbocycles. The Kier molecular flexibility index (Phi) is 3.87. The van der Waals surface area contributed by atoms with Crippen molar-refractivity contribution >= 4 is 21.4 Å². The summed E-state index contributed by atoms with van der Waals surface area (Å²) in [6.45, 7) is 4.03. The minimum atomic E-state index is -3.45. The van der Waals surface area contributed by atoms with Crippen molar-refractivity contribution in [2.24, 2.45) is 0 Å². The zero-order valence-corrected chi connectivity index (χ0v) is 13.7. The van der Waals surface area contributed by atoms with E-state index in [1.807, 2.05) is 24.7 Å².